The summed E-state index contributed by atoms with van der Waals surface area (Å²) in [5.41, 5.74) is 0. The number of ether oxygens (including phenoxy) is 1. The Morgan fingerprint density at radius 3 is 2.89 bits per heavy atom. The van der Waals surface area contributed by atoms with Crippen molar-refractivity contribution in [3.8, 4) is 0 Å². The molecule has 0 atom stereocenters. The molecule has 0 aromatic carbocycles. The van der Waals surface area contributed by atoms with Crippen LogP contribution in [-0.4, -0.2) is 25.8 Å². The zero-order chi connectivity index (χ0) is 12.8. The van der Waals surface area contributed by atoms with E-state index in [1.165, 1.54) is 0 Å². The summed E-state index contributed by atoms with van der Waals surface area (Å²) < 4.78 is 6.34. The van der Waals surface area contributed by atoms with Crippen LogP contribution >= 0.6 is 27.3 Å². The van der Waals surface area contributed by atoms with Gasteiger partial charge in [-0.25, -0.2) is 4.79 Å². The molecule has 2 heterocycles. The number of urea groups is 1. The minimum atomic E-state index is -0.0917. The van der Waals surface area contributed by atoms with Crippen molar-refractivity contribution in [3.05, 3.63) is 20.8 Å². The van der Waals surface area contributed by atoms with Gasteiger partial charge in [-0.2, -0.15) is 0 Å². The number of halogens is 1. The highest BCUT2D eigenvalue weighted by Gasteiger charge is 2.14. The largest absolute Gasteiger partial charge is 0.381 e. The van der Waals surface area contributed by atoms with Gasteiger partial charge in [0.05, 0.1) is 6.54 Å². The smallest absolute Gasteiger partial charge is 0.315 e. The molecule has 0 saturated carbocycles. The third kappa shape index (κ3) is 4.59. The number of carbonyl (C=O) groups excluding carboxylic acids is 1. The van der Waals surface area contributed by atoms with Crippen LogP contribution in [0.3, 0.4) is 0 Å². The molecule has 0 bridgehead atoms. The lowest BCUT2D eigenvalue weighted by Gasteiger charge is -2.22. The fraction of sp³-hybridized carbons (Fsp3) is 0.583. The van der Waals surface area contributed by atoms with Crippen molar-refractivity contribution in [1.82, 2.24) is 10.6 Å². The minimum absolute atomic E-state index is 0.0917. The Morgan fingerprint density at radius 1 is 1.44 bits per heavy atom. The molecule has 100 valence electrons. The molecule has 0 unspecified atom stereocenters. The fourth-order valence-corrected chi connectivity index (χ4v) is 3.25. The maximum absolute atomic E-state index is 11.6. The van der Waals surface area contributed by atoms with E-state index in [1.807, 2.05) is 11.4 Å². The van der Waals surface area contributed by atoms with E-state index < -0.39 is 0 Å². The summed E-state index contributed by atoms with van der Waals surface area (Å²) in [5, 5.41) is 7.79. The van der Waals surface area contributed by atoms with Gasteiger partial charge in [0.2, 0.25) is 0 Å². The summed E-state index contributed by atoms with van der Waals surface area (Å²) in [7, 11) is 0. The Labute approximate surface area is 119 Å². The molecule has 2 amide bonds. The van der Waals surface area contributed by atoms with E-state index >= 15 is 0 Å². The van der Waals surface area contributed by atoms with E-state index in [1.54, 1.807) is 11.3 Å². The van der Waals surface area contributed by atoms with Gasteiger partial charge in [0, 0.05) is 34.5 Å². The van der Waals surface area contributed by atoms with Crippen molar-refractivity contribution in [2.75, 3.05) is 19.8 Å². The molecule has 0 aliphatic carbocycles. The third-order valence-electron chi connectivity index (χ3n) is 2.94. The molecular weight excluding hydrogens is 316 g/mol. The van der Waals surface area contributed by atoms with E-state index in [4.69, 9.17) is 4.74 Å². The normalized spacial score (nSPS) is 16.5. The second kappa shape index (κ2) is 7.11. The average Bonchev–Trinajstić information content (AvgIpc) is 2.81. The van der Waals surface area contributed by atoms with Crippen molar-refractivity contribution in [2.24, 2.45) is 5.92 Å². The summed E-state index contributed by atoms with van der Waals surface area (Å²) in [5.74, 6) is 0.556. The van der Waals surface area contributed by atoms with Gasteiger partial charge in [-0.15, -0.1) is 11.3 Å². The number of rotatable bonds is 4. The molecule has 1 saturated heterocycles. The average molecular weight is 333 g/mol. The van der Waals surface area contributed by atoms with Crippen LogP contribution in [-0.2, 0) is 11.3 Å². The zero-order valence-electron chi connectivity index (χ0n) is 10.1. The number of amides is 2. The van der Waals surface area contributed by atoms with Crippen molar-refractivity contribution in [3.63, 3.8) is 0 Å². The number of hydrogen-bond donors (Lipinski definition) is 2. The van der Waals surface area contributed by atoms with Gasteiger partial charge in [0.1, 0.15) is 0 Å². The van der Waals surface area contributed by atoms with E-state index in [0.717, 1.165) is 42.0 Å². The fourth-order valence-electron chi connectivity index (χ4n) is 1.86. The summed E-state index contributed by atoms with van der Waals surface area (Å²) in [6, 6.07) is 1.93. The predicted octanol–water partition coefficient (Wildman–Crippen LogP) is 2.74. The van der Waals surface area contributed by atoms with E-state index in [9.17, 15) is 4.79 Å². The summed E-state index contributed by atoms with van der Waals surface area (Å²) in [4.78, 5) is 12.7. The van der Waals surface area contributed by atoms with Crippen LogP contribution in [0.15, 0.2) is 15.9 Å². The molecule has 1 aromatic rings. The van der Waals surface area contributed by atoms with E-state index in [-0.39, 0.29) is 6.03 Å². The lowest BCUT2D eigenvalue weighted by Crippen LogP contribution is -2.38. The molecular formula is C12H17BrN2O2S. The van der Waals surface area contributed by atoms with Crippen molar-refractivity contribution in [1.29, 1.82) is 0 Å². The summed E-state index contributed by atoms with van der Waals surface area (Å²) in [6.07, 6.45) is 2.08. The second-order valence-corrected chi connectivity index (χ2v) is 6.26. The molecule has 0 spiro atoms. The quantitative estimate of drug-likeness (QED) is 0.890. The van der Waals surface area contributed by atoms with E-state index in [2.05, 4.69) is 26.6 Å². The first-order chi connectivity index (χ1) is 8.74. The van der Waals surface area contributed by atoms with Crippen LogP contribution in [0.5, 0.6) is 0 Å². The first-order valence-electron chi connectivity index (χ1n) is 6.06. The monoisotopic (exact) mass is 332 g/mol. The van der Waals surface area contributed by atoms with Crippen molar-refractivity contribution >= 4 is 33.3 Å². The lowest BCUT2D eigenvalue weighted by atomic mass is 10.0. The molecule has 6 heteroatoms. The minimum Gasteiger partial charge on any atom is -0.381 e. The predicted molar refractivity (Wildman–Crippen MR) is 75.8 cm³/mol. The van der Waals surface area contributed by atoms with Gasteiger partial charge in [-0.05, 0) is 40.8 Å². The maximum atomic E-state index is 11.6. The highest BCUT2D eigenvalue weighted by Crippen LogP contribution is 2.19. The van der Waals surface area contributed by atoms with E-state index in [0.29, 0.717) is 12.5 Å². The number of hydrogen-bond acceptors (Lipinski definition) is 3. The van der Waals surface area contributed by atoms with Gasteiger partial charge in [-0.3, -0.25) is 0 Å². The molecule has 4 nitrogen and oxygen atoms in total. The summed E-state index contributed by atoms with van der Waals surface area (Å²) >= 11 is 5.02. The molecule has 2 N–H and O–H groups in total. The molecule has 1 aliphatic heterocycles. The van der Waals surface area contributed by atoms with Crippen LogP contribution in [0.4, 0.5) is 4.79 Å². The first-order valence-corrected chi connectivity index (χ1v) is 7.73. The van der Waals surface area contributed by atoms with Crippen LogP contribution in [0.25, 0.3) is 0 Å². The number of nitrogens with one attached hydrogen (secondary N) is 2. The van der Waals surface area contributed by atoms with Crippen LogP contribution < -0.4 is 10.6 Å². The third-order valence-corrected chi connectivity index (χ3v) is 4.63. The number of thiophene rings is 1. The van der Waals surface area contributed by atoms with Gasteiger partial charge >= 0.3 is 6.03 Å². The highest BCUT2D eigenvalue weighted by atomic mass is 79.9. The zero-order valence-corrected chi connectivity index (χ0v) is 12.5. The Bertz CT molecular complexity index is 391. The molecule has 1 fully saturated rings. The van der Waals surface area contributed by atoms with Gasteiger partial charge in [0.15, 0.2) is 0 Å². The Hall–Kier alpha value is -0.590. The topological polar surface area (TPSA) is 50.4 Å². The molecule has 1 aliphatic rings. The molecule has 18 heavy (non-hydrogen) atoms. The van der Waals surface area contributed by atoms with Gasteiger partial charge in [-0.1, -0.05) is 0 Å². The van der Waals surface area contributed by atoms with Crippen LogP contribution in [0.1, 0.15) is 17.7 Å². The SMILES string of the molecule is O=C(NCc1cc(Br)cs1)NCC1CCOCC1. The lowest BCUT2D eigenvalue weighted by molar-refractivity contribution is 0.0669. The van der Waals surface area contributed by atoms with Gasteiger partial charge in [0.25, 0.3) is 0 Å². The number of carbonyl (C=O) groups is 1. The standard InChI is InChI=1S/C12H17BrN2O2S/c13-10-5-11(18-8-10)7-15-12(16)14-6-9-1-3-17-4-2-9/h5,8-9H,1-4,6-7H2,(H2,14,15,16). The first kappa shape index (κ1) is 13.8. The molecule has 1 aromatic heterocycles. The van der Waals surface area contributed by atoms with Crippen LogP contribution in [0, 0.1) is 5.92 Å². The Kier molecular flexibility index (Phi) is 5.46. The van der Waals surface area contributed by atoms with Crippen molar-refractivity contribution < 1.29 is 9.53 Å². The Morgan fingerprint density at radius 2 is 2.22 bits per heavy atom. The van der Waals surface area contributed by atoms with Crippen LogP contribution in [0.2, 0.25) is 0 Å². The highest BCUT2D eigenvalue weighted by molar-refractivity contribution is 9.10. The molecule has 0 radical (unpaired) electrons. The second-order valence-electron chi connectivity index (χ2n) is 4.35. The van der Waals surface area contributed by atoms with Gasteiger partial charge < -0.3 is 15.4 Å². The maximum Gasteiger partial charge on any atom is 0.315 e. The Balaban J connectivity index is 1.62. The summed E-state index contributed by atoms with van der Waals surface area (Å²) in [6.45, 7) is 2.95. The molecule has 2 rings (SSSR count). The van der Waals surface area contributed by atoms with Crippen molar-refractivity contribution in [2.45, 2.75) is 19.4 Å².